The molecule has 0 aromatic carbocycles. The molecule has 0 aliphatic carbocycles. The first-order valence-electron chi connectivity index (χ1n) is 3.47. The molecule has 0 aliphatic rings. The van der Waals surface area contributed by atoms with Crippen molar-refractivity contribution in [3.05, 3.63) is 34.1 Å². The van der Waals surface area contributed by atoms with Crippen LogP contribution in [0.4, 0.5) is 5.69 Å². The second-order valence-electron chi connectivity index (χ2n) is 2.48. The van der Waals surface area contributed by atoms with E-state index in [-0.39, 0.29) is 11.7 Å². The van der Waals surface area contributed by atoms with E-state index < -0.39 is 4.92 Å². The van der Waals surface area contributed by atoms with E-state index in [2.05, 4.69) is 4.98 Å². The highest BCUT2D eigenvalue weighted by Crippen LogP contribution is 2.14. The van der Waals surface area contributed by atoms with Crippen molar-refractivity contribution in [3.8, 4) is 0 Å². The lowest BCUT2D eigenvalue weighted by atomic mass is 10.2. The fraction of sp³-hybridized carbons (Fsp3) is 0.286. The molecule has 2 N–H and O–H groups in total. The summed E-state index contributed by atoms with van der Waals surface area (Å²) in [6, 6.07) is 2.45. The van der Waals surface area contributed by atoms with Crippen LogP contribution in [0.25, 0.3) is 0 Å². The van der Waals surface area contributed by atoms with Crippen molar-refractivity contribution in [3.63, 3.8) is 0 Å². The van der Waals surface area contributed by atoms with Gasteiger partial charge in [0, 0.05) is 24.4 Å². The summed E-state index contributed by atoms with van der Waals surface area (Å²) in [4.78, 5) is 13.7. The van der Waals surface area contributed by atoms with Crippen LogP contribution in [0.2, 0.25) is 0 Å². The molecule has 64 valence electrons. The Balaban J connectivity index is 3.04. The van der Waals surface area contributed by atoms with Crippen molar-refractivity contribution in [2.24, 2.45) is 5.73 Å². The first-order valence-corrected chi connectivity index (χ1v) is 3.47. The number of nitrogens with zero attached hydrogens (tertiary/aromatic N) is 2. The molecular weight excluding hydrogens is 158 g/mol. The Morgan fingerprint density at radius 2 is 2.42 bits per heavy atom. The predicted octanol–water partition coefficient (Wildman–Crippen LogP) is 1.01. The second-order valence-corrected chi connectivity index (χ2v) is 2.48. The smallest absolute Gasteiger partial charge is 0.272 e. The molecule has 5 heteroatoms. The molecule has 0 saturated carbocycles. The van der Waals surface area contributed by atoms with E-state index in [1.165, 1.54) is 18.3 Å². The first-order chi connectivity index (χ1) is 5.61. The van der Waals surface area contributed by atoms with E-state index in [1.807, 2.05) is 0 Å². The number of pyridine rings is 1. The zero-order chi connectivity index (χ0) is 9.14. The summed E-state index contributed by atoms with van der Waals surface area (Å²) >= 11 is 0. The monoisotopic (exact) mass is 167 g/mol. The molecule has 1 aromatic rings. The van der Waals surface area contributed by atoms with Gasteiger partial charge >= 0.3 is 0 Å². The van der Waals surface area contributed by atoms with Crippen molar-refractivity contribution >= 4 is 5.69 Å². The van der Waals surface area contributed by atoms with E-state index >= 15 is 0 Å². The maximum atomic E-state index is 10.3. The van der Waals surface area contributed by atoms with Gasteiger partial charge in [-0.3, -0.25) is 15.1 Å². The van der Waals surface area contributed by atoms with Gasteiger partial charge in [-0.2, -0.15) is 0 Å². The number of hydrogen-bond donors (Lipinski definition) is 1. The van der Waals surface area contributed by atoms with Crippen molar-refractivity contribution < 1.29 is 4.92 Å². The summed E-state index contributed by atoms with van der Waals surface area (Å²) in [5.74, 6) is 0. The first kappa shape index (κ1) is 8.61. The highest BCUT2D eigenvalue weighted by atomic mass is 16.6. The minimum atomic E-state index is -0.465. The molecular formula is C7H9N3O2. The van der Waals surface area contributed by atoms with Gasteiger partial charge in [0.05, 0.1) is 10.6 Å². The number of aromatic nitrogens is 1. The molecule has 0 amide bonds. The third kappa shape index (κ3) is 1.76. The average molecular weight is 167 g/mol. The topological polar surface area (TPSA) is 82.0 Å². The lowest BCUT2D eigenvalue weighted by molar-refractivity contribution is -0.385. The lowest BCUT2D eigenvalue weighted by Gasteiger charge is -2.02. The molecule has 0 bridgehead atoms. The minimum absolute atomic E-state index is 0.0253. The molecule has 5 nitrogen and oxygen atoms in total. The van der Waals surface area contributed by atoms with Crippen LogP contribution in [-0.2, 0) is 0 Å². The van der Waals surface area contributed by atoms with Crippen LogP contribution < -0.4 is 5.73 Å². The zero-order valence-corrected chi connectivity index (χ0v) is 6.60. The van der Waals surface area contributed by atoms with Gasteiger partial charge in [-0.25, -0.2) is 0 Å². The molecule has 1 aromatic heterocycles. The number of rotatable bonds is 2. The summed E-state index contributed by atoms with van der Waals surface area (Å²) in [5.41, 5.74) is 6.05. The quantitative estimate of drug-likeness (QED) is 0.526. The summed E-state index contributed by atoms with van der Waals surface area (Å²) < 4.78 is 0. The highest BCUT2D eigenvalue weighted by Gasteiger charge is 2.08. The molecule has 0 radical (unpaired) electrons. The molecule has 1 heterocycles. The molecule has 0 spiro atoms. The number of nitrogens with two attached hydrogens (primary N) is 1. The largest absolute Gasteiger partial charge is 0.323 e. The minimum Gasteiger partial charge on any atom is -0.323 e. The maximum absolute atomic E-state index is 10.3. The van der Waals surface area contributed by atoms with Gasteiger partial charge in [-0.05, 0) is 6.92 Å². The van der Waals surface area contributed by atoms with E-state index in [1.54, 1.807) is 6.92 Å². The zero-order valence-electron chi connectivity index (χ0n) is 6.60. The summed E-state index contributed by atoms with van der Waals surface area (Å²) in [6.07, 6.45) is 1.39. The van der Waals surface area contributed by atoms with Gasteiger partial charge in [0.25, 0.3) is 5.69 Å². The van der Waals surface area contributed by atoms with Crippen LogP contribution in [0.1, 0.15) is 18.7 Å². The lowest BCUT2D eigenvalue weighted by Crippen LogP contribution is -2.07. The highest BCUT2D eigenvalue weighted by molar-refractivity contribution is 5.30. The van der Waals surface area contributed by atoms with Crippen molar-refractivity contribution in [2.45, 2.75) is 13.0 Å². The van der Waals surface area contributed by atoms with E-state index in [0.717, 1.165) is 0 Å². The predicted molar refractivity (Wildman–Crippen MR) is 43.5 cm³/mol. The van der Waals surface area contributed by atoms with Crippen LogP contribution in [0.15, 0.2) is 18.3 Å². The Hall–Kier alpha value is -1.49. The summed E-state index contributed by atoms with van der Waals surface area (Å²) in [7, 11) is 0. The Labute approximate surface area is 69.4 Å². The summed E-state index contributed by atoms with van der Waals surface area (Å²) in [6.45, 7) is 1.73. The average Bonchev–Trinajstić information content (AvgIpc) is 2.04. The third-order valence-electron chi connectivity index (χ3n) is 1.44. The van der Waals surface area contributed by atoms with Crippen molar-refractivity contribution in [2.75, 3.05) is 0 Å². The second kappa shape index (κ2) is 3.27. The van der Waals surface area contributed by atoms with Crippen LogP contribution in [0, 0.1) is 10.1 Å². The Bertz CT molecular complexity index is 298. The Morgan fingerprint density at radius 1 is 1.75 bits per heavy atom. The van der Waals surface area contributed by atoms with Crippen LogP contribution >= 0.6 is 0 Å². The standard InChI is InChI=1S/C7H9N3O2/c1-5(8)7-4-6(10(11)12)2-3-9-7/h2-5H,8H2,1H3. The van der Waals surface area contributed by atoms with Crippen molar-refractivity contribution in [1.82, 2.24) is 4.98 Å². The molecule has 12 heavy (non-hydrogen) atoms. The van der Waals surface area contributed by atoms with E-state index in [0.29, 0.717) is 5.69 Å². The van der Waals surface area contributed by atoms with Gasteiger partial charge < -0.3 is 5.73 Å². The van der Waals surface area contributed by atoms with Gasteiger partial charge in [-0.15, -0.1) is 0 Å². The fourth-order valence-corrected chi connectivity index (χ4v) is 0.799. The van der Waals surface area contributed by atoms with E-state index in [4.69, 9.17) is 5.73 Å². The molecule has 1 unspecified atom stereocenters. The molecule has 1 atom stereocenters. The molecule has 0 fully saturated rings. The fourth-order valence-electron chi connectivity index (χ4n) is 0.799. The number of hydrogen-bond acceptors (Lipinski definition) is 4. The Morgan fingerprint density at radius 3 is 2.92 bits per heavy atom. The van der Waals surface area contributed by atoms with Crippen LogP contribution in [-0.4, -0.2) is 9.91 Å². The Kier molecular flexibility index (Phi) is 2.35. The maximum Gasteiger partial charge on any atom is 0.272 e. The van der Waals surface area contributed by atoms with E-state index in [9.17, 15) is 10.1 Å². The van der Waals surface area contributed by atoms with Gasteiger partial charge in [0.2, 0.25) is 0 Å². The van der Waals surface area contributed by atoms with Crippen LogP contribution in [0.3, 0.4) is 0 Å². The van der Waals surface area contributed by atoms with Crippen molar-refractivity contribution in [1.29, 1.82) is 0 Å². The molecule has 0 aliphatic heterocycles. The van der Waals surface area contributed by atoms with Gasteiger partial charge in [0.1, 0.15) is 0 Å². The molecule has 1 rings (SSSR count). The van der Waals surface area contributed by atoms with Crippen LogP contribution in [0.5, 0.6) is 0 Å². The van der Waals surface area contributed by atoms with Gasteiger partial charge in [0.15, 0.2) is 0 Å². The normalized spacial score (nSPS) is 12.5. The SMILES string of the molecule is CC(N)c1cc([N+](=O)[O-])ccn1. The number of nitro groups is 1. The third-order valence-corrected chi connectivity index (χ3v) is 1.44. The molecule has 0 saturated heterocycles. The van der Waals surface area contributed by atoms with Gasteiger partial charge in [-0.1, -0.05) is 0 Å². The summed E-state index contributed by atoms with van der Waals surface area (Å²) in [5, 5.41) is 10.3.